The molecule has 0 unspecified atom stereocenters. The van der Waals surface area contributed by atoms with Gasteiger partial charge in [-0.1, -0.05) is 0 Å². The summed E-state index contributed by atoms with van der Waals surface area (Å²) < 4.78 is 0. The van der Waals surface area contributed by atoms with Crippen molar-refractivity contribution in [1.29, 1.82) is 0 Å². The van der Waals surface area contributed by atoms with Crippen molar-refractivity contribution < 1.29 is 4.79 Å². The maximum Gasteiger partial charge on any atom is 0.319 e. The molecule has 4 nitrogen and oxygen atoms in total. The van der Waals surface area contributed by atoms with Gasteiger partial charge < -0.3 is 15.5 Å². The third kappa shape index (κ3) is 2.14. The second-order valence-electron chi connectivity index (χ2n) is 7.19. The Labute approximate surface area is 116 Å². The van der Waals surface area contributed by atoms with Gasteiger partial charge in [0.1, 0.15) is 0 Å². The zero-order chi connectivity index (χ0) is 13.6. The van der Waals surface area contributed by atoms with Crippen molar-refractivity contribution in [3.05, 3.63) is 0 Å². The third-order valence-corrected chi connectivity index (χ3v) is 5.80. The van der Waals surface area contributed by atoms with Crippen molar-refractivity contribution in [1.82, 2.24) is 9.80 Å². The fourth-order valence-corrected chi connectivity index (χ4v) is 5.22. The van der Waals surface area contributed by atoms with Crippen LogP contribution in [0.4, 0.5) is 4.79 Å². The van der Waals surface area contributed by atoms with Gasteiger partial charge in [0.25, 0.3) is 0 Å². The van der Waals surface area contributed by atoms with Crippen LogP contribution in [0.3, 0.4) is 0 Å². The van der Waals surface area contributed by atoms with Crippen molar-refractivity contribution in [2.24, 2.45) is 23.5 Å². The summed E-state index contributed by atoms with van der Waals surface area (Å²) in [5.41, 5.74) is 5.72. The van der Waals surface area contributed by atoms with E-state index in [0.29, 0.717) is 13.1 Å². The molecule has 4 heteroatoms. The van der Waals surface area contributed by atoms with Crippen molar-refractivity contribution in [2.45, 2.75) is 44.1 Å². The highest BCUT2D eigenvalue weighted by molar-refractivity contribution is 5.75. The van der Waals surface area contributed by atoms with Crippen molar-refractivity contribution in [3.63, 3.8) is 0 Å². The first-order chi connectivity index (χ1) is 9.04. The summed E-state index contributed by atoms with van der Waals surface area (Å²) in [6.45, 7) is 1.19. The lowest BCUT2D eigenvalue weighted by Gasteiger charge is -2.60. The Morgan fingerprint density at radius 2 is 1.58 bits per heavy atom. The summed E-state index contributed by atoms with van der Waals surface area (Å²) in [5, 5.41) is 0. The minimum absolute atomic E-state index is 0.160. The van der Waals surface area contributed by atoms with Gasteiger partial charge in [0.05, 0.1) is 0 Å². The monoisotopic (exact) mass is 265 g/mol. The number of nitrogens with zero attached hydrogens (tertiary/aromatic N) is 2. The van der Waals surface area contributed by atoms with E-state index in [0.717, 1.165) is 17.8 Å². The average Bonchev–Trinajstić information content (AvgIpc) is 2.35. The van der Waals surface area contributed by atoms with Crippen LogP contribution in [-0.4, -0.2) is 48.6 Å². The SMILES string of the molecule is CN(CCN)C(=O)N(C)C12CC3CC(CC(C3)C1)C2. The van der Waals surface area contributed by atoms with E-state index in [2.05, 4.69) is 4.90 Å². The molecule has 0 saturated heterocycles. The molecular weight excluding hydrogens is 238 g/mol. The first kappa shape index (κ1) is 13.2. The van der Waals surface area contributed by atoms with Crippen LogP contribution in [0.1, 0.15) is 38.5 Å². The van der Waals surface area contributed by atoms with Crippen molar-refractivity contribution in [2.75, 3.05) is 27.2 Å². The molecule has 4 rings (SSSR count). The lowest BCUT2D eigenvalue weighted by atomic mass is 9.52. The summed E-state index contributed by atoms with van der Waals surface area (Å²) in [7, 11) is 3.88. The number of hydrogen-bond acceptors (Lipinski definition) is 2. The second-order valence-corrected chi connectivity index (χ2v) is 7.19. The van der Waals surface area contributed by atoms with E-state index in [1.807, 2.05) is 14.1 Å². The zero-order valence-electron chi connectivity index (χ0n) is 12.3. The third-order valence-electron chi connectivity index (χ3n) is 5.80. The van der Waals surface area contributed by atoms with Crippen LogP contribution in [-0.2, 0) is 0 Å². The van der Waals surface area contributed by atoms with Crippen LogP contribution < -0.4 is 5.73 Å². The fraction of sp³-hybridized carbons (Fsp3) is 0.933. The maximum absolute atomic E-state index is 12.5. The highest BCUT2D eigenvalue weighted by atomic mass is 16.2. The summed E-state index contributed by atoms with van der Waals surface area (Å²) in [6, 6.07) is 0.160. The van der Waals surface area contributed by atoms with Gasteiger partial charge in [0.2, 0.25) is 0 Å². The molecule has 19 heavy (non-hydrogen) atoms. The minimum Gasteiger partial charge on any atom is -0.329 e. The van der Waals surface area contributed by atoms with Gasteiger partial charge in [-0.15, -0.1) is 0 Å². The Kier molecular flexibility index (Phi) is 3.24. The Balaban J connectivity index is 1.75. The van der Waals surface area contributed by atoms with Crippen LogP contribution in [0.5, 0.6) is 0 Å². The van der Waals surface area contributed by atoms with E-state index in [9.17, 15) is 4.79 Å². The number of likely N-dealkylation sites (N-methyl/N-ethyl adjacent to an activating group) is 1. The van der Waals surface area contributed by atoms with E-state index < -0.39 is 0 Å². The molecule has 2 N–H and O–H groups in total. The number of urea groups is 1. The van der Waals surface area contributed by atoms with Crippen LogP contribution in [0.25, 0.3) is 0 Å². The predicted molar refractivity (Wildman–Crippen MR) is 75.7 cm³/mol. The van der Waals surface area contributed by atoms with Crippen LogP contribution in [0.15, 0.2) is 0 Å². The van der Waals surface area contributed by atoms with E-state index in [4.69, 9.17) is 5.73 Å². The average molecular weight is 265 g/mol. The van der Waals surface area contributed by atoms with Gasteiger partial charge in [0, 0.05) is 32.7 Å². The Hall–Kier alpha value is -0.770. The summed E-state index contributed by atoms with van der Waals surface area (Å²) >= 11 is 0. The molecule has 108 valence electrons. The largest absolute Gasteiger partial charge is 0.329 e. The molecule has 2 amide bonds. The van der Waals surface area contributed by atoms with Gasteiger partial charge >= 0.3 is 6.03 Å². The van der Waals surface area contributed by atoms with E-state index in [1.54, 1.807) is 4.90 Å². The molecule has 0 aromatic heterocycles. The van der Waals surface area contributed by atoms with Gasteiger partial charge in [-0.05, 0) is 56.3 Å². The highest BCUT2D eigenvalue weighted by Crippen LogP contribution is 2.57. The number of carbonyl (C=O) groups is 1. The van der Waals surface area contributed by atoms with Gasteiger partial charge in [-0.25, -0.2) is 4.79 Å². The predicted octanol–water partition coefficient (Wildman–Crippen LogP) is 1.90. The van der Waals surface area contributed by atoms with Crippen molar-refractivity contribution in [3.8, 4) is 0 Å². The quantitative estimate of drug-likeness (QED) is 0.847. The van der Waals surface area contributed by atoms with Crippen LogP contribution in [0, 0.1) is 17.8 Å². The zero-order valence-corrected chi connectivity index (χ0v) is 12.3. The molecule has 0 aromatic rings. The van der Waals surface area contributed by atoms with Gasteiger partial charge in [-0.2, -0.15) is 0 Å². The van der Waals surface area contributed by atoms with E-state index in [1.165, 1.54) is 38.5 Å². The molecule has 4 aliphatic rings. The standard InChI is InChI=1S/C15H27N3O/c1-17(4-3-16)14(19)18(2)15-8-11-5-12(9-15)7-13(6-11)10-15/h11-13H,3-10,16H2,1-2H3. The highest BCUT2D eigenvalue weighted by Gasteiger charge is 2.54. The molecule has 4 aliphatic carbocycles. The smallest absolute Gasteiger partial charge is 0.319 e. The molecule has 0 heterocycles. The molecule has 0 spiro atoms. The molecule has 0 aromatic carbocycles. The number of amides is 2. The molecule has 0 aliphatic heterocycles. The first-order valence-electron chi connectivity index (χ1n) is 7.73. The van der Waals surface area contributed by atoms with Gasteiger partial charge in [0.15, 0.2) is 0 Å². The number of hydrogen-bond donors (Lipinski definition) is 1. The Morgan fingerprint density at radius 3 is 2.00 bits per heavy atom. The lowest BCUT2D eigenvalue weighted by molar-refractivity contribution is -0.0657. The number of rotatable bonds is 3. The molecule has 4 bridgehead atoms. The minimum atomic E-state index is 0.160. The summed E-state index contributed by atoms with van der Waals surface area (Å²) in [4.78, 5) is 16.4. The molecule has 0 radical (unpaired) electrons. The summed E-state index contributed by atoms with van der Waals surface area (Å²) in [5.74, 6) is 2.63. The Morgan fingerprint density at radius 1 is 1.11 bits per heavy atom. The molecule has 0 atom stereocenters. The van der Waals surface area contributed by atoms with Crippen LogP contribution in [0.2, 0.25) is 0 Å². The maximum atomic E-state index is 12.5. The lowest BCUT2D eigenvalue weighted by Crippen LogP contribution is -2.62. The number of carbonyl (C=O) groups excluding carboxylic acids is 1. The first-order valence-corrected chi connectivity index (χ1v) is 7.73. The topological polar surface area (TPSA) is 49.6 Å². The normalized spacial score (nSPS) is 39.4. The van der Waals surface area contributed by atoms with Crippen molar-refractivity contribution >= 4 is 6.03 Å². The summed E-state index contributed by atoms with van der Waals surface area (Å²) in [6.07, 6.45) is 7.95. The van der Waals surface area contributed by atoms with E-state index >= 15 is 0 Å². The van der Waals surface area contributed by atoms with Gasteiger partial charge in [-0.3, -0.25) is 0 Å². The van der Waals surface area contributed by atoms with Crippen LogP contribution >= 0.6 is 0 Å². The van der Waals surface area contributed by atoms with E-state index in [-0.39, 0.29) is 11.6 Å². The Bertz CT molecular complexity index is 333. The molecule has 4 fully saturated rings. The second kappa shape index (κ2) is 4.65. The fourth-order valence-electron chi connectivity index (χ4n) is 5.22. The number of nitrogens with two attached hydrogens (primary N) is 1. The molecular formula is C15H27N3O. The molecule has 4 saturated carbocycles.